The Morgan fingerprint density at radius 2 is 1.93 bits per heavy atom. The van der Waals surface area contributed by atoms with Crippen LogP contribution in [0.15, 0.2) is 11.8 Å². The van der Waals surface area contributed by atoms with E-state index in [-0.39, 0.29) is 5.41 Å². The van der Waals surface area contributed by atoms with Crippen LogP contribution in [0.25, 0.3) is 6.08 Å². The van der Waals surface area contributed by atoms with Gasteiger partial charge in [-0.3, -0.25) is 9.48 Å². The molecule has 4 fully saturated rings. The van der Waals surface area contributed by atoms with E-state index in [4.69, 9.17) is 0 Å². The quantitative estimate of drug-likeness (QED) is 0.584. The zero-order valence-corrected chi connectivity index (χ0v) is 18.1. The Bertz CT molecular complexity index is 836. The first-order valence-corrected chi connectivity index (χ1v) is 11.6. The van der Waals surface area contributed by atoms with Gasteiger partial charge in [-0.05, 0) is 92.6 Å². The number of Topliss-reactive ketones (excluding diaryl/α,β-unsaturated/α-hetero) is 1. The fraction of sp³-hybridized carbons (Fsp3) is 0.760. The average molecular weight is 381 g/mol. The molecule has 152 valence electrons. The van der Waals surface area contributed by atoms with E-state index in [1.54, 1.807) is 0 Å². The largest absolute Gasteiger partial charge is 0.294 e. The third kappa shape index (κ3) is 2.53. The van der Waals surface area contributed by atoms with E-state index in [0.717, 1.165) is 47.4 Å². The highest BCUT2D eigenvalue weighted by Crippen LogP contribution is 2.66. The molecule has 0 aromatic carbocycles. The van der Waals surface area contributed by atoms with Gasteiger partial charge in [-0.25, -0.2) is 0 Å². The third-order valence-corrected chi connectivity index (χ3v) is 9.60. The second kappa shape index (κ2) is 6.31. The first-order valence-electron chi connectivity index (χ1n) is 11.6. The molecule has 4 aliphatic rings. The molecular weight excluding hydrogens is 344 g/mol. The van der Waals surface area contributed by atoms with Crippen LogP contribution < -0.4 is 0 Å². The fourth-order valence-corrected chi connectivity index (χ4v) is 8.04. The first kappa shape index (κ1) is 18.6. The van der Waals surface area contributed by atoms with E-state index in [2.05, 4.69) is 31.2 Å². The summed E-state index contributed by atoms with van der Waals surface area (Å²) < 4.78 is 1.86. The van der Waals surface area contributed by atoms with Crippen LogP contribution in [0.1, 0.15) is 82.9 Å². The van der Waals surface area contributed by atoms with Gasteiger partial charge in [0, 0.05) is 24.2 Å². The number of aromatic nitrogens is 2. The molecule has 6 atom stereocenters. The molecule has 3 heteroatoms. The van der Waals surface area contributed by atoms with Crippen LogP contribution in [-0.2, 0) is 11.8 Å². The molecule has 1 aromatic heterocycles. The summed E-state index contributed by atoms with van der Waals surface area (Å²) >= 11 is 0. The second-order valence-corrected chi connectivity index (χ2v) is 10.9. The van der Waals surface area contributed by atoms with Crippen LogP contribution in [0.3, 0.4) is 0 Å². The molecule has 28 heavy (non-hydrogen) atoms. The van der Waals surface area contributed by atoms with Gasteiger partial charge in [0.25, 0.3) is 0 Å². The minimum atomic E-state index is -0.124. The van der Waals surface area contributed by atoms with Crippen molar-refractivity contribution < 1.29 is 4.79 Å². The maximum atomic E-state index is 13.5. The van der Waals surface area contributed by atoms with Gasteiger partial charge >= 0.3 is 0 Å². The number of carbonyl (C=O) groups excluding carboxylic acids is 1. The van der Waals surface area contributed by atoms with Crippen molar-refractivity contribution in [3.05, 3.63) is 23.0 Å². The highest BCUT2D eigenvalue weighted by molar-refractivity contribution is 6.06. The summed E-state index contributed by atoms with van der Waals surface area (Å²) in [6.45, 7) is 6.95. The molecule has 0 radical (unpaired) electrons. The zero-order valence-electron chi connectivity index (χ0n) is 18.1. The van der Waals surface area contributed by atoms with Crippen LogP contribution in [-0.4, -0.2) is 15.6 Å². The minimum Gasteiger partial charge on any atom is -0.294 e. The number of rotatable bonds is 1. The van der Waals surface area contributed by atoms with Crippen LogP contribution in [0, 0.1) is 41.4 Å². The Hall–Kier alpha value is -1.38. The van der Waals surface area contributed by atoms with Crippen LogP contribution in [0.2, 0.25) is 0 Å². The highest BCUT2D eigenvalue weighted by Gasteiger charge is 2.60. The lowest BCUT2D eigenvalue weighted by atomic mass is 9.45. The summed E-state index contributed by atoms with van der Waals surface area (Å²) in [4.78, 5) is 13.5. The molecule has 0 amide bonds. The summed E-state index contributed by atoms with van der Waals surface area (Å²) in [7, 11) is 1.96. The van der Waals surface area contributed by atoms with E-state index in [9.17, 15) is 4.79 Å². The summed E-state index contributed by atoms with van der Waals surface area (Å²) in [5, 5.41) is 4.47. The van der Waals surface area contributed by atoms with Crippen LogP contribution in [0.5, 0.6) is 0 Å². The Morgan fingerprint density at radius 1 is 1.11 bits per heavy atom. The average Bonchev–Trinajstić information content (AvgIpc) is 3.11. The maximum Gasteiger partial charge on any atom is 0.165 e. The smallest absolute Gasteiger partial charge is 0.165 e. The van der Waals surface area contributed by atoms with Gasteiger partial charge in [0.1, 0.15) is 0 Å². The summed E-state index contributed by atoms with van der Waals surface area (Å²) in [6.07, 6.45) is 16.1. The minimum absolute atomic E-state index is 0.124. The number of allylic oxidation sites excluding steroid dienone is 1. The predicted octanol–water partition coefficient (Wildman–Crippen LogP) is 5.72. The van der Waals surface area contributed by atoms with Crippen molar-refractivity contribution in [1.82, 2.24) is 9.78 Å². The molecule has 1 heterocycles. The van der Waals surface area contributed by atoms with Crippen molar-refractivity contribution in [2.24, 2.45) is 41.5 Å². The Morgan fingerprint density at radius 3 is 2.68 bits per heavy atom. The molecule has 0 spiro atoms. The Balaban J connectivity index is 1.47. The Kier molecular flexibility index (Phi) is 4.20. The standard InChI is InChI=1S/C25H36N2O/c1-16-18(15-27(4)26-16)13-17-14-22-20-9-8-19-7-5-6-11-24(19,2)21(20)10-12-25(22,3)23(17)28/h13,15,19-22H,5-12,14H2,1-4H3/b17-13-/t19-,20-,21+,22+,24+,25+/m1/s1. The fourth-order valence-electron chi connectivity index (χ4n) is 8.04. The van der Waals surface area contributed by atoms with E-state index < -0.39 is 0 Å². The van der Waals surface area contributed by atoms with Crippen molar-refractivity contribution >= 4 is 11.9 Å². The molecule has 1 aromatic rings. The molecular formula is C25H36N2O. The zero-order chi connectivity index (χ0) is 19.7. The van der Waals surface area contributed by atoms with Crippen molar-refractivity contribution in [2.45, 2.75) is 78.6 Å². The predicted molar refractivity (Wildman–Crippen MR) is 113 cm³/mol. The normalized spacial score (nSPS) is 44.3. The van der Waals surface area contributed by atoms with Gasteiger partial charge in [0.2, 0.25) is 0 Å². The summed E-state index contributed by atoms with van der Waals surface area (Å²) in [5.74, 6) is 3.54. The molecule has 5 rings (SSSR count). The third-order valence-electron chi connectivity index (χ3n) is 9.60. The lowest BCUT2D eigenvalue weighted by molar-refractivity contribution is -0.137. The summed E-state index contributed by atoms with van der Waals surface area (Å²) in [6, 6.07) is 0. The molecule has 0 bridgehead atoms. The van der Waals surface area contributed by atoms with Gasteiger partial charge in [-0.15, -0.1) is 0 Å². The number of nitrogens with zero attached hydrogens (tertiary/aromatic N) is 2. The molecule has 0 N–H and O–H groups in total. The first-order chi connectivity index (χ1) is 13.3. The second-order valence-electron chi connectivity index (χ2n) is 10.9. The maximum absolute atomic E-state index is 13.5. The highest BCUT2D eigenvalue weighted by atomic mass is 16.1. The van der Waals surface area contributed by atoms with Crippen LogP contribution >= 0.6 is 0 Å². The van der Waals surface area contributed by atoms with Gasteiger partial charge in [0.15, 0.2) is 5.78 Å². The van der Waals surface area contributed by atoms with Gasteiger partial charge in [0.05, 0.1) is 5.69 Å². The molecule has 0 aliphatic heterocycles. The lowest BCUT2D eigenvalue weighted by Crippen LogP contribution is -2.52. The molecule has 4 aliphatic carbocycles. The number of carbonyl (C=O) groups is 1. The monoisotopic (exact) mass is 380 g/mol. The van der Waals surface area contributed by atoms with Gasteiger partial charge in [-0.2, -0.15) is 5.10 Å². The van der Waals surface area contributed by atoms with E-state index in [1.807, 2.05) is 18.7 Å². The summed E-state index contributed by atoms with van der Waals surface area (Å²) in [5.41, 5.74) is 3.63. The molecule has 0 unspecified atom stereocenters. The Labute approximate surface area is 170 Å². The van der Waals surface area contributed by atoms with Crippen molar-refractivity contribution in [3.8, 4) is 0 Å². The molecule has 3 nitrogen and oxygen atoms in total. The number of ketones is 1. The van der Waals surface area contributed by atoms with E-state index in [0.29, 0.717) is 17.1 Å². The number of aryl methyl sites for hydroxylation is 2. The number of hydrogen-bond acceptors (Lipinski definition) is 2. The van der Waals surface area contributed by atoms with E-state index >= 15 is 0 Å². The number of fused-ring (bicyclic) bond motifs is 5. The van der Waals surface area contributed by atoms with Crippen LogP contribution in [0.4, 0.5) is 0 Å². The molecule has 0 saturated heterocycles. The van der Waals surface area contributed by atoms with Gasteiger partial charge < -0.3 is 0 Å². The number of hydrogen-bond donors (Lipinski definition) is 0. The SMILES string of the molecule is Cc1nn(C)cc1/C=C1/C[C@H]2[C@@H]3CC[C@H]4CCCC[C@]4(C)[C@H]3CC[C@]2(C)C1=O. The lowest BCUT2D eigenvalue weighted by Gasteiger charge is -2.59. The van der Waals surface area contributed by atoms with Crippen molar-refractivity contribution in [3.63, 3.8) is 0 Å². The van der Waals surface area contributed by atoms with E-state index in [1.165, 1.54) is 44.9 Å². The topological polar surface area (TPSA) is 34.9 Å². The van der Waals surface area contributed by atoms with Gasteiger partial charge in [-0.1, -0.05) is 26.7 Å². The van der Waals surface area contributed by atoms with Crippen molar-refractivity contribution in [1.29, 1.82) is 0 Å². The van der Waals surface area contributed by atoms with Crippen molar-refractivity contribution in [2.75, 3.05) is 0 Å². The molecule has 4 saturated carbocycles.